The summed E-state index contributed by atoms with van der Waals surface area (Å²) in [6.45, 7) is 8.89. The molecule has 1 aromatic heterocycles. The highest BCUT2D eigenvalue weighted by molar-refractivity contribution is 5.89. The Hall–Kier alpha value is -2.14. The van der Waals surface area contributed by atoms with Crippen molar-refractivity contribution >= 4 is 5.97 Å². The van der Waals surface area contributed by atoms with Crippen molar-refractivity contribution in [3.63, 3.8) is 0 Å². The first kappa shape index (κ1) is 15.7. The Morgan fingerprint density at radius 2 is 2.17 bits per heavy atom. The number of rotatable bonds is 3. The summed E-state index contributed by atoms with van der Waals surface area (Å²) < 4.78 is 0. The highest BCUT2D eigenvalue weighted by atomic mass is 16.4. The lowest BCUT2D eigenvalue weighted by atomic mass is 9.89. The molecule has 3 rings (SSSR count). The molecule has 2 N–H and O–H groups in total. The van der Waals surface area contributed by atoms with Crippen molar-refractivity contribution in [3.8, 4) is 0 Å². The van der Waals surface area contributed by atoms with E-state index in [1.807, 2.05) is 18.3 Å². The molecule has 0 saturated heterocycles. The molecule has 0 radical (unpaired) electrons. The molecular formula is C18H23N3O2. The smallest absolute Gasteiger partial charge is 0.336 e. The number of nitrogens with zero attached hydrogens (tertiary/aromatic N) is 2. The van der Waals surface area contributed by atoms with Crippen LogP contribution in [0.5, 0.6) is 0 Å². The molecule has 0 fully saturated rings. The van der Waals surface area contributed by atoms with Gasteiger partial charge >= 0.3 is 5.97 Å². The third kappa shape index (κ3) is 3.15. The fourth-order valence-corrected chi connectivity index (χ4v) is 3.29. The number of carboxylic acid groups (broad SMARTS) is 1. The lowest BCUT2D eigenvalue weighted by Crippen LogP contribution is -2.32. The maximum Gasteiger partial charge on any atom is 0.336 e. The van der Waals surface area contributed by atoms with Crippen molar-refractivity contribution in [3.05, 3.63) is 52.3 Å². The zero-order valence-electron chi connectivity index (χ0n) is 13.9. The van der Waals surface area contributed by atoms with Crippen LogP contribution in [0, 0.1) is 0 Å². The summed E-state index contributed by atoms with van der Waals surface area (Å²) in [6, 6.07) is 5.58. The number of carbonyl (C=O) groups is 1. The molecule has 0 bridgehead atoms. The van der Waals surface area contributed by atoms with Crippen molar-refractivity contribution in [1.82, 2.24) is 15.1 Å². The minimum absolute atomic E-state index is 0.0196. The molecule has 0 atom stereocenters. The van der Waals surface area contributed by atoms with E-state index in [1.54, 1.807) is 6.07 Å². The molecule has 5 nitrogen and oxygen atoms in total. The number of aromatic nitrogens is 2. The maximum absolute atomic E-state index is 11.4. The van der Waals surface area contributed by atoms with Gasteiger partial charge in [0.2, 0.25) is 0 Å². The zero-order chi connectivity index (χ0) is 16.6. The van der Waals surface area contributed by atoms with E-state index >= 15 is 0 Å². The highest BCUT2D eigenvalue weighted by Gasteiger charge is 2.25. The van der Waals surface area contributed by atoms with Gasteiger partial charge in [0.1, 0.15) is 0 Å². The van der Waals surface area contributed by atoms with Crippen molar-refractivity contribution in [2.24, 2.45) is 0 Å². The Morgan fingerprint density at radius 3 is 2.87 bits per heavy atom. The monoisotopic (exact) mass is 313 g/mol. The SMILES string of the molecule is CC(C)(C)c1[nH]ncc1CN1CCc2cccc(C(=O)O)c2C1. The van der Waals surface area contributed by atoms with Gasteiger partial charge in [-0.05, 0) is 23.6 Å². The van der Waals surface area contributed by atoms with E-state index < -0.39 is 5.97 Å². The van der Waals surface area contributed by atoms with Gasteiger partial charge in [-0.25, -0.2) is 4.79 Å². The van der Waals surface area contributed by atoms with Crippen molar-refractivity contribution in [1.29, 1.82) is 0 Å². The van der Waals surface area contributed by atoms with Gasteiger partial charge in [-0.2, -0.15) is 5.10 Å². The minimum Gasteiger partial charge on any atom is -0.478 e. The molecule has 2 heterocycles. The summed E-state index contributed by atoms with van der Waals surface area (Å²) in [5, 5.41) is 16.7. The molecule has 1 aliphatic heterocycles. The number of aromatic carboxylic acids is 1. The Balaban J connectivity index is 1.83. The zero-order valence-corrected chi connectivity index (χ0v) is 13.9. The molecular weight excluding hydrogens is 290 g/mol. The van der Waals surface area contributed by atoms with Crippen molar-refractivity contribution in [2.75, 3.05) is 6.54 Å². The fraction of sp³-hybridized carbons (Fsp3) is 0.444. The van der Waals surface area contributed by atoms with Gasteiger partial charge in [-0.3, -0.25) is 10.00 Å². The third-order valence-electron chi connectivity index (χ3n) is 4.44. The standard InChI is InChI=1S/C18H23N3O2/c1-18(2,3)16-13(9-19-20-16)10-21-8-7-12-5-4-6-14(17(22)23)15(12)11-21/h4-6,9H,7-8,10-11H2,1-3H3,(H,19,20)(H,22,23). The topological polar surface area (TPSA) is 69.2 Å². The number of fused-ring (bicyclic) bond motifs is 1. The Labute approximate surface area is 136 Å². The van der Waals surface area contributed by atoms with Gasteiger partial charge in [-0.1, -0.05) is 32.9 Å². The number of hydrogen-bond donors (Lipinski definition) is 2. The van der Waals surface area contributed by atoms with Crippen LogP contribution in [-0.4, -0.2) is 32.7 Å². The van der Waals surface area contributed by atoms with Crippen molar-refractivity contribution < 1.29 is 9.90 Å². The van der Waals surface area contributed by atoms with Crippen LogP contribution in [0.3, 0.4) is 0 Å². The quantitative estimate of drug-likeness (QED) is 0.914. The number of hydrogen-bond acceptors (Lipinski definition) is 3. The van der Waals surface area contributed by atoms with Crippen LogP contribution in [0.4, 0.5) is 0 Å². The van der Waals surface area contributed by atoms with E-state index in [-0.39, 0.29) is 5.41 Å². The van der Waals surface area contributed by atoms with Crippen LogP contribution in [0.15, 0.2) is 24.4 Å². The van der Waals surface area contributed by atoms with E-state index in [2.05, 4.69) is 35.9 Å². The Kier molecular flexibility index (Phi) is 3.98. The highest BCUT2D eigenvalue weighted by Crippen LogP contribution is 2.27. The second-order valence-electron chi connectivity index (χ2n) is 7.23. The molecule has 122 valence electrons. The molecule has 23 heavy (non-hydrogen) atoms. The molecule has 1 aromatic carbocycles. The predicted molar refractivity (Wildman–Crippen MR) is 88.5 cm³/mol. The number of aromatic amines is 1. The van der Waals surface area contributed by atoms with Crippen LogP contribution in [0.25, 0.3) is 0 Å². The summed E-state index contributed by atoms with van der Waals surface area (Å²) in [6.07, 6.45) is 2.78. The van der Waals surface area contributed by atoms with E-state index in [0.29, 0.717) is 12.1 Å². The molecule has 0 spiro atoms. The van der Waals surface area contributed by atoms with Gasteiger partial charge in [-0.15, -0.1) is 0 Å². The summed E-state index contributed by atoms with van der Waals surface area (Å²) >= 11 is 0. The summed E-state index contributed by atoms with van der Waals surface area (Å²) in [5.74, 6) is -0.845. The second-order valence-corrected chi connectivity index (χ2v) is 7.23. The first-order chi connectivity index (χ1) is 10.9. The molecule has 2 aromatic rings. The second kappa shape index (κ2) is 5.81. The molecule has 0 saturated carbocycles. The minimum atomic E-state index is -0.845. The first-order valence-corrected chi connectivity index (χ1v) is 7.95. The largest absolute Gasteiger partial charge is 0.478 e. The average Bonchev–Trinajstić information content (AvgIpc) is 2.94. The van der Waals surface area contributed by atoms with Crippen LogP contribution in [0.2, 0.25) is 0 Å². The lowest BCUT2D eigenvalue weighted by molar-refractivity contribution is 0.0693. The lowest BCUT2D eigenvalue weighted by Gasteiger charge is -2.30. The fourth-order valence-electron chi connectivity index (χ4n) is 3.29. The third-order valence-corrected chi connectivity index (χ3v) is 4.44. The molecule has 0 unspecified atom stereocenters. The normalized spacial score (nSPS) is 15.4. The van der Waals surface area contributed by atoms with Gasteiger partial charge < -0.3 is 5.11 Å². The van der Waals surface area contributed by atoms with E-state index in [0.717, 1.165) is 36.3 Å². The first-order valence-electron chi connectivity index (χ1n) is 7.95. The predicted octanol–water partition coefficient (Wildman–Crippen LogP) is 2.96. The van der Waals surface area contributed by atoms with Gasteiger partial charge in [0.05, 0.1) is 11.8 Å². The Morgan fingerprint density at radius 1 is 1.39 bits per heavy atom. The summed E-state index contributed by atoms with van der Waals surface area (Å²) in [7, 11) is 0. The van der Waals surface area contributed by atoms with E-state index in [9.17, 15) is 9.90 Å². The number of carboxylic acids is 1. The molecule has 0 amide bonds. The number of benzene rings is 1. The Bertz CT molecular complexity index is 728. The molecule has 5 heteroatoms. The van der Waals surface area contributed by atoms with Crippen LogP contribution in [-0.2, 0) is 24.9 Å². The van der Waals surface area contributed by atoms with Gasteiger partial charge in [0.25, 0.3) is 0 Å². The van der Waals surface area contributed by atoms with Crippen LogP contribution in [0.1, 0.15) is 53.5 Å². The number of nitrogens with one attached hydrogen (secondary N) is 1. The van der Waals surface area contributed by atoms with Gasteiger partial charge in [0.15, 0.2) is 0 Å². The van der Waals surface area contributed by atoms with Crippen molar-refractivity contribution in [2.45, 2.75) is 45.7 Å². The van der Waals surface area contributed by atoms with Crippen LogP contribution < -0.4 is 0 Å². The number of H-pyrrole nitrogens is 1. The van der Waals surface area contributed by atoms with E-state index in [4.69, 9.17) is 0 Å². The maximum atomic E-state index is 11.4. The molecule has 0 aliphatic carbocycles. The summed E-state index contributed by atoms with van der Waals surface area (Å²) in [5.41, 5.74) is 4.89. The summed E-state index contributed by atoms with van der Waals surface area (Å²) in [4.78, 5) is 13.7. The molecule has 1 aliphatic rings. The van der Waals surface area contributed by atoms with Gasteiger partial charge in [0, 0.05) is 36.3 Å². The van der Waals surface area contributed by atoms with E-state index in [1.165, 1.54) is 5.56 Å². The average molecular weight is 313 g/mol. The van der Waals surface area contributed by atoms with Crippen LogP contribution >= 0.6 is 0 Å².